The smallest absolute Gasteiger partial charge is 0.326 e. The predicted octanol–water partition coefficient (Wildman–Crippen LogP) is 5.58. The number of carbonyl (C=O) groups is 2. The largest absolute Gasteiger partial charge is 0.492 e. The monoisotopic (exact) mass is 413 g/mol. The highest BCUT2D eigenvalue weighted by atomic mass is 16.5. The summed E-state index contributed by atoms with van der Waals surface area (Å²) >= 11 is 0. The summed E-state index contributed by atoms with van der Waals surface area (Å²) in [6, 6.07) is 8.65. The van der Waals surface area contributed by atoms with Gasteiger partial charge in [0.1, 0.15) is 11.8 Å². The van der Waals surface area contributed by atoms with Gasteiger partial charge in [-0.25, -0.2) is 4.79 Å². The number of carboxylic acid groups (broad SMARTS) is 1. The minimum absolute atomic E-state index is 0.371. The van der Waals surface area contributed by atoms with Crippen molar-refractivity contribution in [2.24, 2.45) is 11.3 Å². The van der Waals surface area contributed by atoms with Crippen molar-refractivity contribution in [2.75, 3.05) is 6.61 Å². The van der Waals surface area contributed by atoms with Gasteiger partial charge in [-0.15, -0.1) is 0 Å². The Bertz CT molecular complexity index is 901. The summed E-state index contributed by atoms with van der Waals surface area (Å²) in [6.07, 6.45) is 2.55. The molecule has 0 aliphatic heterocycles. The number of fused-ring (bicyclic) bond motifs is 1. The normalized spacial score (nSPS) is 12.8. The first-order chi connectivity index (χ1) is 14.1. The maximum atomic E-state index is 13.2. The van der Waals surface area contributed by atoms with E-state index in [1.54, 1.807) is 6.07 Å². The molecular formula is C25H35NO4. The third-order valence-electron chi connectivity index (χ3n) is 5.76. The lowest BCUT2D eigenvalue weighted by Crippen LogP contribution is -2.50. The molecule has 0 aromatic heterocycles. The van der Waals surface area contributed by atoms with E-state index >= 15 is 0 Å². The molecule has 2 rings (SSSR count). The summed E-state index contributed by atoms with van der Waals surface area (Å²) < 4.78 is 6.12. The van der Waals surface area contributed by atoms with Gasteiger partial charge in [-0.1, -0.05) is 58.4 Å². The molecule has 0 aliphatic carbocycles. The van der Waals surface area contributed by atoms with E-state index in [9.17, 15) is 14.7 Å². The van der Waals surface area contributed by atoms with Gasteiger partial charge in [0.25, 0.3) is 5.91 Å². The number of carboxylic acids is 1. The zero-order valence-corrected chi connectivity index (χ0v) is 19.0. The Morgan fingerprint density at radius 2 is 1.83 bits per heavy atom. The van der Waals surface area contributed by atoms with E-state index in [-0.39, 0.29) is 0 Å². The number of amides is 1. The Labute approximate surface area is 179 Å². The molecule has 0 heterocycles. The van der Waals surface area contributed by atoms with Crippen LogP contribution in [0.3, 0.4) is 0 Å². The van der Waals surface area contributed by atoms with Crippen LogP contribution in [0.25, 0.3) is 10.8 Å². The number of aliphatic carboxylic acids is 1. The Hall–Kier alpha value is -2.56. The van der Waals surface area contributed by atoms with Crippen molar-refractivity contribution in [3.05, 3.63) is 41.5 Å². The lowest BCUT2D eigenvalue weighted by molar-refractivity contribution is -0.142. The summed E-state index contributed by atoms with van der Waals surface area (Å²) in [5.41, 5.74) is 0.867. The third-order valence-corrected chi connectivity index (χ3v) is 5.76. The van der Waals surface area contributed by atoms with Crippen LogP contribution in [-0.2, 0) is 4.79 Å². The van der Waals surface area contributed by atoms with Crippen molar-refractivity contribution in [1.82, 2.24) is 5.32 Å². The molecule has 0 fully saturated rings. The second-order valence-electron chi connectivity index (χ2n) is 9.14. The van der Waals surface area contributed by atoms with E-state index in [1.165, 1.54) is 0 Å². The fourth-order valence-electron chi connectivity index (χ4n) is 3.41. The van der Waals surface area contributed by atoms with Crippen LogP contribution < -0.4 is 10.1 Å². The highest BCUT2D eigenvalue weighted by Gasteiger charge is 2.35. The maximum Gasteiger partial charge on any atom is 0.326 e. The van der Waals surface area contributed by atoms with Crippen molar-refractivity contribution < 1.29 is 19.4 Å². The van der Waals surface area contributed by atoms with E-state index < -0.39 is 23.3 Å². The molecule has 0 saturated heterocycles. The number of rotatable bonds is 10. The fourth-order valence-corrected chi connectivity index (χ4v) is 3.41. The second kappa shape index (κ2) is 9.96. The number of hydrogen-bond donors (Lipinski definition) is 2. The molecule has 0 spiro atoms. The molecule has 1 atom stereocenters. The third kappa shape index (κ3) is 5.74. The lowest BCUT2D eigenvalue weighted by atomic mass is 9.81. The Kier molecular flexibility index (Phi) is 7.88. The molecule has 1 amide bonds. The molecule has 0 unspecified atom stereocenters. The van der Waals surface area contributed by atoms with Gasteiger partial charge < -0.3 is 15.2 Å². The van der Waals surface area contributed by atoms with Gasteiger partial charge in [-0.2, -0.15) is 0 Å². The molecule has 0 saturated carbocycles. The first-order valence-corrected chi connectivity index (χ1v) is 10.8. The topological polar surface area (TPSA) is 75.6 Å². The summed E-state index contributed by atoms with van der Waals surface area (Å²) in [5.74, 6) is -0.355. The highest BCUT2D eigenvalue weighted by Crippen LogP contribution is 2.32. The van der Waals surface area contributed by atoms with Crippen LogP contribution in [0.15, 0.2) is 30.3 Å². The van der Waals surface area contributed by atoms with Gasteiger partial charge in [0.2, 0.25) is 0 Å². The molecule has 0 aliphatic rings. The van der Waals surface area contributed by atoms with E-state index in [2.05, 4.69) is 19.2 Å². The van der Waals surface area contributed by atoms with Crippen LogP contribution >= 0.6 is 0 Å². The number of benzene rings is 2. The number of aryl methyl sites for hydroxylation is 1. The van der Waals surface area contributed by atoms with Gasteiger partial charge in [-0.05, 0) is 55.0 Å². The molecule has 2 aromatic carbocycles. The number of carbonyl (C=O) groups excluding carboxylic acids is 1. The number of hydrogen-bond acceptors (Lipinski definition) is 3. The molecule has 164 valence electrons. The summed E-state index contributed by atoms with van der Waals surface area (Å²) in [6.45, 7) is 12.5. The van der Waals surface area contributed by atoms with Crippen molar-refractivity contribution in [3.63, 3.8) is 0 Å². The number of ether oxygens (including phenoxy) is 1. The average Bonchev–Trinajstić information content (AvgIpc) is 2.68. The molecule has 5 nitrogen and oxygen atoms in total. The summed E-state index contributed by atoms with van der Waals surface area (Å²) in [7, 11) is 0. The average molecular weight is 414 g/mol. The minimum Gasteiger partial charge on any atom is -0.492 e. The Morgan fingerprint density at radius 1 is 1.17 bits per heavy atom. The van der Waals surface area contributed by atoms with E-state index in [0.29, 0.717) is 30.3 Å². The van der Waals surface area contributed by atoms with Crippen LogP contribution in [-0.4, -0.2) is 29.6 Å². The van der Waals surface area contributed by atoms with Crippen LogP contribution in [0.1, 0.15) is 69.8 Å². The first-order valence-electron chi connectivity index (χ1n) is 10.8. The quantitative estimate of drug-likeness (QED) is 0.498. The van der Waals surface area contributed by atoms with Crippen molar-refractivity contribution in [1.29, 1.82) is 0 Å². The molecule has 2 aromatic rings. The highest BCUT2D eigenvalue weighted by molar-refractivity contribution is 6.05. The van der Waals surface area contributed by atoms with Crippen LogP contribution in [0, 0.1) is 18.3 Å². The lowest BCUT2D eigenvalue weighted by Gasteiger charge is -2.31. The van der Waals surface area contributed by atoms with Crippen LogP contribution in [0.2, 0.25) is 0 Å². The van der Waals surface area contributed by atoms with Crippen molar-refractivity contribution in [2.45, 2.75) is 66.8 Å². The summed E-state index contributed by atoms with van der Waals surface area (Å²) in [4.78, 5) is 25.0. The maximum absolute atomic E-state index is 13.2. The molecule has 2 N–H and O–H groups in total. The predicted molar refractivity (Wildman–Crippen MR) is 121 cm³/mol. The Balaban J connectivity index is 2.42. The number of nitrogens with one attached hydrogen (secondary N) is 1. The Morgan fingerprint density at radius 3 is 2.43 bits per heavy atom. The fraction of sp³-hybridized carbons (Fsp3) is 0.520. The summed E-state index contributed by atoms with van der Waals surface area (Å²) in [5, 5.41) is 14.3. The zero-order valence-electron chi connectivity index (χ0n) is 19.0. The van der Waals surface area contributed by atoms with Gasteiger partial charge >= 0.3 is 5.97 Å². The molecular weight excluding hydrogens is 378 g/mol. The van der Waals surface area contributed by atoms with E-state index in [0.717, 1.165) is 29.2 Å². The van der Waals surface area contributed by atoms with E-state index in [1.807, 2.05) is 52.0 Å². The molecule has 0 bridgehead atoms. The second-order valence-corrected chi connectivity index (χ2v) is 9.14. The van der Waals surface area contributed by atoms with Gasteiger partial charge in [0.05, 0.1) is 12.2 Å². The standard InChI is InChI=1S/C25H35NO4/c1-7-25(5,6)22(24(28)29)26-23(27)19-13-12-18-11-10-17(4)15-20(18)21(19)30-14-8-9-16(2)3/h10-13,15-16,22H,7-9,14H2,1-6H3,(H,26,27)(H,28,29)/t22-/m1/s1. The molecule has 5 heteroatoms. The minimum atomic E-state index is -1.04. The van der Waals surface area contributed by atoms with Crippen molar-refractivity contribution in [3.8, 4) is 5.75 Å². The van der Waals surface area contributed by atoms with Crippen LogP contribution in [0.4, 0.5) is 0 Å². The van der Waals surface area contributed by atoms with Gasteiger partial charge in [0.15, 0.2) is 0 Å². The molecule has 0 radical (unpaired) electrons. The molecule has 30 heavy (non-hydrogen) atoms. The van der Waals surface area contributed by atoms with Crippen LogP contribution in [0.5, 0.6) is 5.75 Å². The van der Waals surface area contributed by atoms with Gasteiger partial charge in [0, 0.05) is 5.39 Å². The van der Waals surface area contributed by atoms with E-state index in [4.69, 9.17) is 4.74 Å². The SMILES string of the molecule is CCC(C)(C)[C@H](NC(=O)c1ccc2ccc(C)cc2c1OCCCC(C)C)C(=O)O. The first kappa shape index (κ1) is 23.7. The zero-order chi connectivity index (χ0) is 22.5. The van der Waals surface area contributed by atoms with Crippen molar-refractivity contribution >= 4 is 22.6 Å². The van der Waals surface area contributed by atoms with Gasteiger partial charge in [-0.3, -0.25) is 4.79 Å².